The van der Waals surface area contributed by atoms with E-state index in [1.165, 1.54) is 0 Å². The first kappa shape index (κ1) is 13.7. The Kier molecular flexibility index (Phi) is 4.27. The summed E-state index contributed by atoms with van der Waals surface area (Å²) in [7, 11) is 0. The molecule has 1 amide bonds. The minimum absolute atomic E-state index is 0.0115. The smallest absolute Gasteiger partial charge is 0.260 e. The quantitative estimate of drug-likeness (QED) is 0.803. The Balaban J connectivity index is 2.32. The van der Waals surface area contributed by atoms with Crippen LogP contribution in [0.15, 0.2) is 18.2 Å². The molecule has 3 N–H and O–H groups in total. The van der Waals surface area contributed by atoms with Crippen molar-refractivity contribution >= 4 is 11.6 Å². The van der Waals surface area contributed by atoms with Crippen LogP contribution < -0.4 is 10.5 Å². The number of carbonyl (C=O) groups excluding carboxylic acids is 1. The van der Waals surface area contributed by atoms with E-state index in [0.29, 0.717) is 30.2 Å². The van der Waals surface area contributed by atoms with Crippen LogP contribution in [-0.4, -0.2) is 41.7 Å². The highest BCUT2D eigenvalue weighted by molar-refractivity contribution is 6.02. The molecule has 1 aliphatic heterocycles. The Morgan fingerprint density at radius 3 is 3.05 bits per heavy atom. The Morgan fingerprint density at radius 2 is 2.37 bits per heavy atom. The lowest BCUT2D eigenvalue weighted by atomic mass is 10.1. The molecule has 0 aromatic heterocycles. The van der Waals surface area contributed by atoms with Crippen molar-refractivity contribution in [1.82, 2.24) is 4.90 Å². The minimum atomic E-state index is -0.155. The normalized spacial score (nSPS) is 18.6. The van der Waals surface area contributed by atoms with Crippen LogP contribution >= 0.6 is 0 Å². The number of aliphatic hydroxyl groups excluding tert-OH is 1. The molecule has 0 aliphatic carbocycles. The number of ether oxygens (including phenoxy) is 1. The highest BCUT2D eigenvalue weighted by atomic mass is 16.5. The molecule has 5 heteroatoms. The van der Waals surface area contributed by atoms with Crippen LogP contribution in [0.3, 0.4) is 0 Å². The van der Waals surface area contributed by atoms with Crippen molar-refractivity contribution in [1.29, 1.82) is 0 Å². The summed E-state index contributed by atoms with van der Waals surface area (Å²) in [6.07, 6.45) is 1.74. The third-order valence-electron chi connectivity index (χ3n) is 3.42. The van der Waals surface area contributed by atoms with Gasteiger partial charge in [-0.3, -0.25) is 4.79 Å². The molecule has 19 heavy (non-hydrogen) atoms. The van der Waals surface area contributed by atoms with Gasteiger partial charge in [0, 0.05) is 12.2 Å². The van der Waals surface area contributed by atoms with E-state index in [0.717, 1.165) is 12.8 Å². The van der Waals surface area contributed by atoms with Gasteiger partial charge in [0.15, 0.2) is 0 Å². The largest absolute Gasteiger partial charge is 0.493 e. The van der Waals surface area contributed by atoms with Gasteiger partial charge in [-0.05, 0) is 31.9 Å². The van der Waals surface area contributed by atoms with E-state index in [2.05, 4.69) is 0 Å². The van der Waals surface area contributed by atoms with E-state index in [-0.39, 0.29) is 18.6 Å². The van der Waals surface area contributed by atoms with Crippen LogP contribution in [-0.2, 0) is 0 Å². The average molecular weight is 264 g/mol. The molecule has 0 radical (unpaired) electrons. The second kappa shape index (κ2) is 5.93. The zero-order valence-corrected chi connectivity index (χ0v) is 11.1. The fourth-order valence-electron chi connectivity index (χ4n) is 2.49. The van der Waals surface area contributed by atoms with E-state index in [4.69, 9.17) is 10.5 Å². The van der Waals surface area contributed by atoms with Crippen LogP contribution in [0, 0.1) is 0 Å². The predicted molar refractivity (Wildman–Crippen MR) is 73.2 cm³/mol. The van der Waals surface area contributed by atoms with E-state index >= 15 is 0 Å². The average Bonchev–Trinajstić information content (AvgIpc) is 2.87. The van der Waals surface area contributed by atoms with Crippen LogP contribution in [0.1, 0.15) is 30.1 Å². The van der Waals surface area contributed by atoms with Gasteiger partial charge in [0.05, 0.1) is 19.3 Å². The van der Waals surface area contributed by atoms with Crippen molar-refractivity contribution in [2.45, 2.75) is 25.8 Å². The molecule has 0 spiro atoms. The second-order valence-electron chi connectivity index (χ2n) is 4.63. The summed E-state index contributed by atoms with van der Waals surface area (Å²) in [5.74, 6) is 0.356. The molecule has 1 fully saturated rings. The standard InChI is InChI=1S/C14H20N2O3/c1-2-19-12-7-3-6-11(15)13(12)14(18)16-8-4-5-10(16)9-17/h3,6-7,10,17H,2,4-5,8-9,15H2,1H3/t10-/m0/s1. The first-order valence-corrected chi connectivity index (χ1v) is 6.62. The van der Waals surface area contributed by atoms with Crippen molar-refractivity contribution in [3.05, 3.63) is 23.8 Å². The van der Waals surface area contributed by atoms with E-state index in [1.807, 2.05) is 6.92 Å². The molecule has 1 atom stereocenters. The number of nitrogen functional groups attached to an aromatic ring is 1. The third-order valence-corrected chi connectivity index (χ3v) is 3.42. The molecule has 0 bridgehead atoms. The third kappa shape index (κ3) is 2.66. The Morgan fingerprint density at radius 1 is 1.58 bits per heavy atom. The topological polar surface area (TPSA) is 75.8 Å². The van der Waals surface area contributed by atoms with E-state index in [9.17, 15) is 9.90 Å². The lowest BCUT2D eigenvalue weighted by Crippen LogP contribution is -2.38. The second-order valence-corrected chi connectivity index (χ2v) is 4.63. The summed E-state index contributed by atoms with van der Waals surface area (Å²) in [5, 5.41) is 9.32. The number of nitrogens with zero attached hydrogens (tertiary/aromatic N) is 1. The van der Waals surface area contributed by atoms with Gasteiger partial charge >= 0.3 is 0 Å². The molecule has 0 unspecified atom stereocenters. The maximum absolute atomic E-state index is 12.6. The predicted octanol–water partition coefficient (Wildman–Crippen LogP) is 1.26. The number of amides is 1. The molecule has 1 aromatic rings. The van der Waals surface area contributed by atoms with Crippen molar-refractivity contribution in [2.75, 3.05) is 25.5 Å². The molecule has 2 rings (SSSR count). The van der Waals surface area contributed by atoms with Gasteiger partial charge in [0.1, 0.15) is 11.3 Å². The molecule has 0 saturated carbocycles. The number of rotatable bonds is 4. The Hall–Kier alpha value is -1.75. The molecular weight excluding hydrogens is 244 g/mol. The number of hydrogen-bond acceptors (Lipinski definition) is 4. The van der Waals surface area contributed by atoms with Crippen molar-refractivity contribution in [3.63, 3.8) is 0 Å². The van der Waals surface area contributed by atoms with E-state index in [1.54, 1.807) is 23.1 Å². The molecular formula is C14H20N2O3. The Bertz CT molecular complexity index is 462. The number of benzene rings is 1. The number of anilines is 1. The van der Waals surface area contributed by atoms with Gasteiger partial charge in [-0.2, -0.15) is 0 Å². The summed E-state index contributed by atoms with van der Waals surface area (Å²) in [4.78, 5) is 14.3. The summed E-state index contributed by atoms with van der Waals surface area (Å²) in [6, 6.07) is 5.10. The number of hydrogen-bond donors (Lipinski definition) is 2. The van der Waals surface area contributed by atoms with Gasteiger partial charge < -0.3 is 20.5 Å². The number of likely N-dealkylation sites (tertiary alicyclic amines) is 1. The molecule has 1 heterocycles. The van der Waals surface area contributed by atoms with E-state index < -0.39 is 0 Å². The van der Waals surface area contributed by atoms with Gasteiger partial charge in [0.2, 0.25) is 0 Å². The maximum atomic E-state index is 12.6. The molecule has 5 nitrogen and oxygen atoms in total. The summed E-state index contributed by atoms with van der Waals surface area (Å²) < 4.78 is 5.48. The van der Waals surface area contributed by atoms with Crippen molar-refractivity contribution in [3.8, 4) is 5.75 Å². The molecule has 1 aromatic carbocycles. The fraction of sp³-hybridized carbons (Fsp3) is 0.500. The summed E-state index contributed by atoms with van der Waals surface area (Å²) in [6.45, 7) is 2.99. The zero-order chi connectivity index (χ0) is 13.8. The van der Waals surface area contributed by atoms with Crippen LogP contribution in [0.2, 0.25) is 0 Å². The minimum Gasteiger partial charge on any atom is -0.493 e. The first-order valence-electron chi connectivity index (χ1n) is 6.62. The summed E-state index contributed by atoms with van der Waals surface area (Å²) >= 11 is 0. The molecule has 104 valence electrons. The maximum Gasteiger partial charge on any atom is 0.260 e. The van der Waals surface area contributed by atoms with Crippen molar-refractivity contribution in [2.24, 2.45) is 0 Å². The zero-order valence-electron chi connectivity index (χ0n) is 11.1. The van der Waals surface area contributed by atoms with Gasteiger partial charge in [0.25, 0.3) is 5.91 Å². The number of aliphatic hydroxyl groups is 1. The lowest BCUT2D eigenvalue weighted by molar-refractivity contribution is 0.0674. The number of carbonyl (C=O) groups is 1. The van der Waals surface area contributed by atoms with Crippen LogP contribution in [0.5, 0.6) is 5.75 Å². The highest BCUT2D eigenvalue weighted by Gasteiger charge is 2.31. The molecule has 1 saturated heterocycles. The summed E-state index contributed by atoms with van der Waals surface area (Å²) in [5.41, 5.74) is 6.74. The highest BCUT2D eigenvalue weighted by Crippen LogP contribution is 2.29. The van der Waals surface area contributed by atoms with Crippen LogP contribution in [0.4, 0.5) is 5.69 Å². The number of nitrogens with two attached hydrogens (primary N) is 1. The fourth-order valence-corrected chi connectivity index (χ4v) is 2.49. The first-order chi connectivity index (χ1) is 9.19. The Labute approximate surface area is 113 Å². The van der Waals surface area contributed by atoms with Gasteiger partial charge in [-0.1, -0.05) is 6.07 Å². The SMILES string of the molecule is CCOc1cccc(N)c1C(=O)N1CCC[C@H]1CO. The monoisotopic (exact) mass is 264 g/mol. The molecule has 1 aliphatic rings. The van der Waals surface area contributed by atoms with Gasteiger partial charge in [-0.25, -0.2) is 0 Å². The van der Waals surface area contributed by atoms with Crippen LogP contribution in [0.25, 0.3) is 0 Å². The van der Waals surface area contributed by atoms with Crippen molar-refractivity contribution < 1.29 is 14.6 Å². The van der Waals surface area contributed by atoms with Gasteiger partial charge in [-0.15, -0.1) is 0 Å². The lowest BCUT2D eigenvalue weighted by Gasteiger charge is -2.24.